The largest absolute Gasteiger partial charge is 0.456 e. The van der Waals surface area contributed by atoms with Crippen LogP contribution in [0.15, 0.2) is 42.7 Å². The van der Waals surface area contributed by atoms with E-state index in [4.69, 9.17) is 16.7 Å². The summed E-state index contributed by atoms with van der Waals surface area (Å²) in [5.74, 6) is -1.10. The van der Waals surface area contributed by atoms with Crippen molar-refractivity contribution >= 4 is 5.97 Å². The van der Waals surface area contributed by atoms with Gasteiger partial charge < -0.3 is 9.62 Å². The van der Waals surface area contributed by atoms with Gasteiger partial charge in [-0.2, -0.15) is 4.89 Å². The summed E-state index contributed by atoms with van der Waals surface area (Å²) in [6.45, 7) is 15.5. The van der Waals surface area contributed by atoms with Crippen LogP contribution in [0.5, 0.6) is 0 Å². The molecule has 0 amide bonds. The Morgan fingerprint density at radius 2 is 1.89 bits per heavy atom. The van der Waals surface area contributed by atoms with Crippen molar-refractivity contribution in [2.24, 2.45) is 0 Å². The smallest absolute Gasteiger partial charge is 0.377 e. The number of esters is 1. The van der Waals surface area contributed by atoms with Crippen LogP contribution in [0, 0.1) is 6.92 Å². The first-order chi connectivity index (χ1) is 8.83. The molecule has 1 aromatic rings. The van der Waals surface area contributed by atoms with E-state index in [9.17, 15) is 4.79 Å². The van der Waals surface area contributed by atoms with Gasteiger partial charge in [0.15, 0.2) is 0 Å². The van der Waals surface area contributed by atoms with E-state index in [2.05, 4.69) is 11.3 Å². The summed E-state index contributed by atoms with van der Waals surface area (Å²) < 4.78 is 4.61. The molecule has 0 heterocycles. The summed E-state index contributed by atoms with van der Waals surface area (Å²) >= 11 is 0. The Bertz CT molecular complexity index is 435. The maximum Gasteiger partial charge on any atom is 0.377 e. The van der Waals surface area contributed by atoms with Gasteiger partial charge in [0.2, 0.25) is 5.76 Å². The fourth-order valence-corrected chi connectivity index (χ4v) is 1.30. The summed E-state index contributed by atoms with van der Waals surface area (Å²) in [6.07, 6.45) is -0.977. The van der Waals surface area contributed by atoms with Gasteiger partial charge in [-0.1, -0.05) is 30.3 Å². The van der Waals surface area contributed by atoms with Gasteiger partial charge >= 0.3 is 5.97 Å². The van der Waals surface area contributed by atoms with E-state index in [0.717, 1.165) is 5.56 Å². The highest BCUT2D eigenvalue weighted by Crippen LogP contribution is 2.25. The second-order valence-corrected chi connectivity index (χ2v) is 4.51. The Labute approximate surface area is 113 Å². The highest BCUT2D eigenvalue weighted by Gasteiger charge is 2.25. The van der Waals surface area contributed by atoms with E-state index in [-0.39, 0.29) is 5.76 Å². The number of hydrogen-bond acceptors (Lipinski definition) is 4. The van der Waals surface area contributed by atoms with Gasteiger partial charge in [0, 0.05) is 6.92 Å². The van der Waals surface area contributed by atoms with Gasteiger partial charge in [-0.05, 0) is 32.9 Å². The SMILES string of the molecule is [C]C(C)OC(=O)C(=C)OOC(C)(C)c1ccccc1. The van der Waals surface area contributed by atoms with Crippen LogP contribution in [0.2, 0.25) is 0 Å². The minimum Gasteiger partial charge on any atom is -0.456 e. The highest BCUT2D eigenvalue weighted by molar-refractivity contribution is 5.85. The molecule has 0 spiro atoms. The number of ether oxygens (including phenoxy) is 1. The van der Waals surface area contributed by atoms with Gasteiger partial charge in [-0.3, -0.25) is 0 Å². The second kappa shape index (κ2) is 6.38. The number of carbonyl (C=O) groups excluding carboxylic acids is 1. The molecule has 0 fully saturated rings. The minimum absolute atomic E-state index is 0.289. The van der Waals surface area contributed by atoms with Crippen LogP contribution in [0.1, 0.15) is 26.3 Å². The molecule has 4 heteroatoms. The molecule has 0 N–H and O–H groups in total. The Morgan fingerprint density at radius 3 is 2.42 bits per heavy atom. The Hall–Kier alpha value is -1.81. The number of benzene rings is 1. The molecule has 0 saturated carbocycles. The third-order valence-electron chi connectivity index (χ3n) is 2.33. The molecule has 1 unspecified atom stereocenters. The first kappa shape index (κ1) is 15.2. The van der Waals surface area contributed by atoms with Crippen LogP contribution in [0.3, 0.4) is 0 Å². The van der Waals surface area contributed by atoms with E-state index in [1.54, 1.807) is 13.8 Å². The molecule has 0 bridgehead atoms. The van der Waals surface area contributed by atoms with Crippen LogP contribution < -0.4 is 0 Å². The number of hydrogen-bond donors (Lipinski definition) is 0. The van der Waals surface area contributed by atoms with Crippen molar-refractivity contribution in [1.29, 1.82) is 0 Å². The van der Waals surface area contributed by atoms with Crippen LogP contribution in [-0.2, 0) is 24.9 Å². The molecular weight excluding hydrogens is 244 g/mol. The first-order valence-corrected chi connectivity index (χ1v) is 5.85. The quantitative estimate of drug-likeness (QED) is 0.260. The summed E-state index contributed by atoms with van der Waals surface area (Å²) in [6, 6.07) is 9.43. The minimum atomic E-state index is -0.977. The summed E-state index contributed by atoms with van der Waals surface area (Å²) in [5.41, 5.74) is 0.155. The molecule has 4 nitrogen and oxygen atoms in total. The monoisotopic (exact) mass is 261 g/mol. The van der Waals surface area contributed by atoms with Crippen molar-refractivity contribution in [3.05, 3.63) is 55.2 Å². The zero-order valence-corrected chi connectivity index (χ0v) is 11.3. The first-order valence-electron chi connectivity index (χ1n) is 5.85. The van der Waals surface area contributed by atoms with Gasteiger partial charge in [-0.25, -0.2) is 4.79 Å². The molecule has 0 saturated heterocycles. The molecule has 1 rings (SSSR count). The predicted molar refractivity (Wildman–Crippen MR) is 69.6 cm³/mol. The van der Waals surface area contributed by atoms with Crippen LogP contribution in [0.25, 0.3) is 0 Å². The normalized spacial score (nSPS) is 11.2. The van der Waals surface area contributed by atoms with E-state index >= 15 is 0 Å². The van der Waals surface area contributed by atoms with Gasteiger partial charge in [-0.15, -0.1) is 0 Å². The molecule has 1 aromatic carbocycles. The van der Waals surface area contributed by atoms with E-state index < -0.39 is 17.7 Å². The van der Waals surface area contributed by atoms with Crippen molar-refractivity contribution in [2.45, 2.75) is 32.5 Å². The molecule has 0 aliphatic heterocycles. The van der Waals surface area contributed by atoms with Crippen molar-refractivity contribution in [2.75, 3.05) is 0 Å². The van der Waals surface area contributed by atoms with Crippen molar-refractivity contribution < 1.29 is 19.3 Å². The summed E-state index contributed by atoms with van der Waals surface area (Å²) in [4.78, 5) is 21.5. The lowest BCUT2D eigenvalue weighted by Crippen LogP contribution is -2.24. The molecule has 3 radical (unpaired) electrons. The fraction of sp³-hybridized carbons (Fsp3) is 0.333. The third kappa shape index (κ3) is 4.75. The lowest BCUT2D eigenvalue weighted by Gasteiger charge is -2.24. The number of carbonyl (C=O) groups is 1. The number of rotatable bonds is 6. The Morgan fingerprint density at radius 1 is 1.32 bits per heavy atom. The standard InChI is InChI=1S/C15H17O4/c1-11(2)17-14(16)12(3)18-19-15(4,5)13-9-7-6-8-10-13/h6-11H,3H2,1,4-5H3. The molecule has 1 atom stereocenters. The molecular formula is C15H17O4. The van der Waals surface area contributed by atoms with Crippen LogP contribution >= 0.6 is 0 Å². The van der Waals surface area contributed by atoms with Crippen molar-refractivity contribution in [3.8, 4) is 0 Å². The predicted octanol–water partition coefficient (Wildman–Crippen LogP) is 2.90. The fourth-order valence-electron chi connectivity index (χ4n) is 1.30. The third-order valence-corrected chi connectivity index (χ3v) is 2.33. The molecule has 0 aliphatic rings. The summed E-state index contributed by atoms with van der Waals surface area (Å²) in [5, 5.41) is 0. The van der Waals surface area contributed by atoms with Gasteiger partial charge in [0.1, 0.15) is 11.7 Å². The molecule has 0 aromatic heterocycles. The summed E-state index contributed by atoms with van der Waals surface area (Å²) in [7, 11) is 0. The van der Waals surface area contributed by atoms with Gasteiger partial charge in [0.05, 0.1) is 0 Å². The van der Waals surface area contributed by atoms with Gasteiger partial charge in [0.25, 0.3) is 0 Å². The average Bonchev–Trinajstić information content (AvgIpc) is 2.36. The highest BCUT2D eigenvalue weighted by atomic mass is 17.2. The lowest BCUT2D eigenvalue weighted by atomic mass is 9.99. The zero-order valence-electron chi connectivity index (χ0n) is 11.3. The van der Waals surface area contributed by atoms with E-state index in [0.29, 0.717) is 0 Å². The molecule has 0 aliphatic carbocycles. The zero-order chi connectivity index (χ0) is 14.5. The maximum atomic E-state index is 11.4. The van der Waals surface area contributed by atoms with E-state index in [1.165, 1.54) is 6.92 Å². The maximum absolute atomic E-state index is 11.4. The van der Waals surface area contributed by atoms with Crippen molar-refractivity contribution in [1.82, 2.24) is 0 Å². The Balaban J connectivity index is 2.56. The van der Waals surface area contributed by atoms with E-state index in [1.807, 2.05) is 30.3 Å². The van der Waals surface area contributed by atoms with Crippen LogP contribution in [0.4, 0.5) is 0 Å². The second-order valence-electron chi connectivity index (χ2n) is 4.51. The topological polar surface area (TPSA) is 44.8 Å². The van der Waals surface area contributed by atoms with Crippen LogP contribution in [-0.4, -0.2) is 12.1 Å². The van der Waals surface area contributed by atoms with Crippen molar-refractivity contribution in [3.63, 3.8) is 0 Å². The average molecular weight is 261 g/mol. The molecule has 19 heavy (non-hydrogen) atoms. The lowest BCUT2D eigenvalue weighted by molar-refractivity contribution is -0.331. The molecule has 101 valence electrons. The Kier molecular flexibility index (Phi) is 5.12.